The summed E-state index contributed by atoms with van der Waals surface area (Å²) >= 11 is 6.79. The van der Waals surface area contributed by atoms with E-state index in [1.807, 2.05) is 55.5 Å². The van der Waals surface area contributed by atoms with Crippen LogP contribution >= 0.6 is 11.6 Å². The number of benzene rings is 3. The average Bonchev–Trinajstić information content (AvgIpc) is 2.96. The lowest BCUT2D eigenvalue weighted by atomic mass is 9.63. The van der Waals surface area contributed by atoms with Crippen molar-refractivity contribution in [1.82, 2.24) is 4.90 Å². The molecule has 0 fully saturated rings. The van der Waals surface area contributed by atoms with Crippen LogP contribution < -0.4 is 10.1 Å². The first-order valence-corrected chi connectivity index (χ1v) is 16.3. The molecule has 6 rings (SSSR count). The second-order valence-corrected chi connectivity index (χ2v) is 14.9. The van der Waals surface area contributed by atoms with Crippen LogP contribution in [0.2, 0.25) is 5.02 Å². The van der Waals surface area contributed by atoms with E-state index in [2.05, 4.69) is 50.0 Å². The number of aryl methyl sites for hydroxylation is 1. The highest BCUT2D eigenvalue weighted by atomic mass is 35.5. The zero-order valence-corrected chi connectivity index (χ0v) is 28.0. The van der Waals surface area contributed by atoms with E-state index >= 15 is 0 Å². The van der Waals surface area contributed by atoms with E-state index < -0.39 is 5.92 Å². The summed E-state index contributed by atoms with van der Waals surface area (Å²) < 4.78 is 5.83. The molecule has 46 heavy (non-hydrogen) atoms. The average molecular weight is 637 g/mol. The van der Waals surface area contributed by atoms with Crippen LogP contribution in [-0.2, 0) is 20.9 Å². The van der Waals surface area contributed by atoms with Crippen molar-refractivity contribution in [3.05, 3.63) is 117 Å². The topological polar surface area (TPSA) is 75.7 Å². The molecule has 1 aliphatic heterocycles. The molecule has 0 bridgehead atoms. The van der Waals surface area contributed by atoms with Gasteiger partial charge < -0.3 is 15.0 Å². The van der Waals surface area contributed by atoms with Crippen LogP contribution in [0.15, 0.2) is 95.3 Å². The third kappa shape index (κ3) is 6.54. The van der Waals surface area contributed by atoms with Crippen molar-refractivity contribution in [2.75, 3.05) is 11.9 Å². The van der Waals surface area contributed by atoms with E-state index in [4.69, 9.17) is 16.3 Å². The highest BCUT2D eigenvalue weighted by Crippen LogP contribution is 2.55. The SMILES string of the molecule is Cc1cccc(NC(=O)COc2ccc(C3C4=C(CC(C)(C)CC4=O)N(Cc4ccccc4)C4=C3C(=O)CC(C)(C)C4)cc2Cl)c1. The van der Waals surface area contributed by atoms with Crippen LogP contribution in [0.5, 0.6) is 5.75 Å². The second-order valence-electron chi connectivity index (χ2n) is 14.5. The summed E-state index contributed by atoms with van der Waals surface area (Å²) in [6.45, 7) is 10.9. The number of hydrogen-bond donors (Lipinski definition) is 1. The number of rotatable bonds is 7. The van der Waals surface area contributed by atoms with Crippen molar-refractivity contribution in [1.29, 1.82) is 0 Å². The van der Waals surface area contributed by atoms with Gasteiger partial charge in [-0.3, -0.25) is 14.4 Å². The first-order chi connectivity index (χ1) is 21.8. The van der Waals surface area contributed by atoms with Crippen molar-refractivity contribution in [2.45, 2.75) is 72.8 Å². The Morgan fingerprint density at radius 1 is 0.848 bits per heavy atom. The normalized spacial score (nSPS) is 19.1. The lowest BCUT2D eigenvalue weighted by Crippen LogP contribution is -2.44. The number of halogens is 1. The number of ketones is 2. The molecule has 3 aromatic rings. The molecule has 0 radical (unpaired) electrons. The third-order valence-electron chi connectivity index (χ3n) is 9.16. The Balaban J connectivity index is 1.37. The molecule has 0 spiro atoms. The molecular weight excluding hydrogens is 596 g/mol. The van der Waals surface area contributed by atoms with Gasteiger partial charge in [-0.1, -0.05) is 87.8 Å². The molecule has 1 N–H and O–H groups in total. The molecular formula is C39H41ClN2O4. The standard InChI is InChI=1S/C39H41ClN2O4/c1-24-10-9-13-27(16-24)41-34(45)23-46-33-15-14-26(17-28(33)40)35-36-29(18-38(2,3)20-31(36)43)42(22-25-11-7-6-8-12-25)30-19-39(4,5)21-32(44)37(30)35/h6-17,35H,18-23H2,1-5H3,(H,41,45). The Hall–Kier alpha value is -4.16. The van der Waals surface area contributed by atoms with Crippen molar-refractivity contribution in [3.63, 3.8) is 0 Å². The molecule has 238 valence electrons. The maximum Gasteiger partial charge on any atom is 0.262 e. The summed E-state index contributed by atoms with van der Waals surface area (Å²) in [7, 11) is 0. The number of carbonyl (C=O) groups is 3. The van der Waals surface area contributed by atoms with E-state index in [-0.39, 0.29) is 34.9 Å². The summed E-state index contributed by atoms with van der Waals surface area (Å²) in [6, 6.07) is 23.2. The molecule has 0 saturated heterocycles. The van der Waals surface area contributed by atoms with Gasteiger partial charge in [-0.25, -0.2) is 0 Å². The Bertz CT molecular complexity index is 1730. The molecule has 3 aliphatic rings. The number of nitrogens with zero attached hydrogens (tertiary/aromatic N) is 1. The molecule has 1 heterocycles. The molecule has 6 nitrogen and oxygen atoms in total. The Labute approximate surface area is 276 Å². The number of carbonyl (C=O) groups excluding carboxylic acids is 3. The van der Waals surface area contributed by atoms with Crippen LogP contribution in [0.1, 0.15) is 76.0 Å². The molecule has 1 amide bonds. The Morgan fingerprint density at radius 3 is 2.07 bits per heavy atom. The fourth-order valence-corrected chi connectivity index (χ4v) is 7.46. The van der Waals surface area contributed by atoms with Gasteiger partial charge in [0, 0.05) is 53.5 Å². The van der Waals surface area contributed by atoms with Gasteiger partial charge >= 0.3 is 0 Å². The smallest absolute Gasteiger partial charge is 0.262 e. The fraction of sp³-hybridized carbons (Fsp3) is 0.359. The van der Waals surface area contributed by atoms with Gasteiger partial charge in [0.2, 0.25) is 0 Å². The van der Waals surface area contributed by atoms with E-state index in [1.165, 1.54) is 0 Å². The number of hydrogen-bond acceptors (Lipinski definition) is 5. The minimum absolute atomic E-state index is 0.0720. The number of Topliss-reactive ketones (excluding diaryl/α,β-unsaturated/α-hetero) is 2. The number of ether oxygens (including phenoxy) is 1. The maximum absolute atomic E-state index is 14.1. The zero-order valence-electron chi connectivity index (χ0n) is 27.2. The lowest BCUT2D eigenvalue weighted by molar-refractivity contribution is -0.120. The second kappa shape index (κ2) is 12.2. The molecule has 0 atom stereocenters. The number of anilines is 1. The zero-order chi connectivity index (χ0) is 32.8. The van der Waals surface area contributed by atoms with Crippen molar-refractivity contribution in [2.24, 2.45) is 10.8 Å². The van der Waals surface area contributed by atoms with Crippen LogP contribution in [0.25, 0.3) is 0 Å². The predicted octanol–water partition coefficient (Wildman–Crippen LogP) is 8.55. The summed E-state index contributed by atoms with van der Waals surface area (Å²) in [4.78, 5) is 43.1. The van der Waals surface area contributed by atoms with Gasteiger partial charge in [0.25, 0.3) is 5.91 Å². The van der Waals surface area contributed by atoms with Crippen molar-refractivity contribution in [3.8, 4) is 5.75 Å². The Kier molecular flexibility index (Phi) is 8.45. The Morgan fingerprint density at radius 2 is 1.48 bits per heavy atom. The van der Waals surface area contributed by atoms with Crippen molar-refractivity contribution < 1.29 is 19.1 Å². The van der Waals surface area contributed by atoms with E-state index in [9.17, 15) is 14.4 Å². The van der Waals surface area contributed by atoms with Crippen molar-refractivity contribution >= 4 is 34.8 Å². The van der Waals surface area contributed by atoms with Crippen LogP contribution in [-0.4, -0.2) is 29.0 Å². The first kappa shape index (κ1) is 31.8. The first-order valence-electron chi connectivity index (χ1n) is 15.9. The number of allylic oxidation sites excluding steroid dienone is 4. The van der Waals surface area contributed by atoms with Gasteiger partial charge in [-0.15, -0.1) is 0 Å². The van der Waals surface area contributed by atoms with E-state index in [0.717, 1.165) is 40.9 Å². The van der Waals surface area contributed by atoms with Gasteiger partial charge in [0.05, 0.1) is 5.02 Å². The monoisotopic (exact) mass is 636 g/mol. The summed E-state index contributed by atoms with van der Waals surface area (Å²) in [6.07, 6.45) is 2.28. The molecule has 2 aliphatic carbocycles. The molecule has 0 unspecified atom stereocenters. The quantitative estimate of drug-likeness (QED) is 0.281. The lowest BCUT2D eigenvalue weighted by Gasteiger charge is -2.49. The highest BCUT2D eigenvalue weighted by molar-refractivity contribution is 6.32. The minimum Gasteiger partial charge on any atom is -0.482 e. The maximum atomic E-state index is 14.1. The van der Waals surface area contributed by atoms with Gasteiger partial charge in [0.15, 0.2) is 18.2 Å². The third-order valence-corrected chi connectivity index (χ3v) is 9.45. The summed E-state index contributed by atoms with van der Waals surface area (Å²) in [5, 5.41) is 3.17. The van der Waals surface area contributed by atoms with E-state index in [0.29, 0.717) is 47.0 Å². The molecule has 3 aromatic carbocycles. The predicted molar refractivity (Wildman–Crippen MR) is 182 cm³/mol. The van der Waals surface area contributed by atoms with Gasteiger partial charge in [0.1, 0.15) is 5.75 Å². The highest BCUT2D eigenvalue weighted by Gasteiger charge is 2.49. The summed E-state index contributed by atoms with van der Waals surface area (Å²) in [5.74, 6) is -0.306. The van der Waals surface area contributed by atoms with E-state index in [1.54, 1.807) is 12.1 Å². The largest absolute Gasteiger partial charge is 0.482 e. The van der Waals surface area contributed by atoms with Crippen LogP contribution in [0.3, 0.4) is 0 Å². The van der Waals surface area contributed by atoms with Crippen LogP contribution in [0, 0.1) is 17.8 Å². The van der Waals surface area contributed by atoms with Gasteiger partial charge in [-0.05, 0) is 71.6 Å². The minimum atomic E-state index is -0.514. The molecule has 0 aromatic heterocycles. The number of amides is 1. The fourth-order valence-electron chi connectivity index (χ4n) is 7.21. The number of nitrogens with one attached hydrogen (secondary N) is 1. The summed E-state index contributed by atoms with van der Waals surface area (Å²) in [5.41, 5.74) is 6.62. The molecule has 0 saturated carbocycles. The van der Waals surface area contributed by atoms with Crippen LogP contribution in [0.4, 0.5) is 5.69 Å². The van der Waals surface area contributed by atoms with Gasteiger partial charge in [-0.2, -0.15) is 0 Å². The molecule has 7 heteroatoms.